The van der Waals surface area contributed by atoms with E-state index in [0.717, 1.165) is 53.7 Å². The van der Waals surface area contributed by atoms with Crippen LogP contribution < -0.4 is 9.47 Å². The van der Waals surface area contributed by atoms with Crippen molar-refractivity contribution >= 4 is 11.3 Å². The summed E-state index contributed by atoms with van der Waals surface area (Å²) in [6, 6.07) is 0. The Hall–Kier alpha value is -0.820. The van der Waals surface area contributed by atoms with E-state index in [2.05, 4.69) is 27.7 Å². The van der Waals surface area contributed by atoms with Gasteiger partial charge in [0.2, 0.25) is 0 Å². The van der Waals surface area contributed by atoms with Crippen LogP contribution in [0.4, 0.5) is 0 Å². The normalized spacial score (nSPS) is 11.2. The van der Waals surface area contributed by atoms with Crippen molar-refractivity contribution < 1.29 is 23.7 Å². The molecule has 0 aromatic carbocycles. The van der Waals surface area contributed by atoms with Crippen molar-refractivity contribution in [3.63, 3.8) is 0 Å². The molecule has 0 amide bonds. The Morgan fingerprint density at radius 1 is 0.517 bits per heavy atom. The Balaban J connectivity index is 2.16. The number of ether oxygens (including phenoxy) is 5. The van der Waals surface area contributed by atoms with Gasteiger partial charge < -0.3 is 23.7 Å². The van der Waals surface area contributed by atoms with Gasteiger partial charge in [0, 0.05) is 23.0 Å². The van der Waals surface area contributed by atoms with Gasteiger partial charge >= 0.3 is 0 Å². The van der Waals surface area contributed by atoms with Gasteiger partial charge in [0.1, 0.15) is 13.2 Å². The third-order valence-electron chi connectivity index (χ3n) is 4.51. The molecular weight excluding hydrogens is 388 g/mol. The minimum Gasteiger partial charge on any atom is -0.486 e. The number of unbranched alkanes of at least 4 members (excludes halogenated alkanes) is 5. The molecule has 0 N–H and O–H groups in total. The van der Waals surface area contributed by atoms with Crippen LogP contribution in [0.3, 0.4) is 0 Å². The minimum absolute atomic E-state index is 0.511. The lowest BCUT2D eigenvalue weighted by atomic mass is 10.2. The van der Waals surface area contributed by atoms with Crippen molar-refractivity contribution in [3.8, 4) is 11.5 Å². The topological polar surface area (TPSA) is 46.2 Å². The molecule has 0 aliphatic rings. The molecule has 1 aromatic rings. The second-order valence-corrected chi connectivity index (χ2v) is 8.60. The molecule has 0 radical (unpaired) electrons. The third kappa shape index (κ3) is 12.5. The summed E-state index contributed by atoms with van der Waals surface area (Å²) in [6.07, 6.45) is 8.55. The molecule has 5 nitrogen and oxygen atoms in total. The number of hydrogen-bond acceptors (Lipinski definition) is 6. The standard InChI is InChI=1S/C23H42O5S/c1-5-7-9-10-11-13-25-16-18-27-22-20(3)29-21(4)23(22)28-19-17-26-15-14-24-12-8-6-2/h5-19H2,1-4H3. The highest BCUT2D eigenvalue weighted by molar-refractivity contribution is 7.12. The molecule has 0 unspecified atom stereocenters. The maximum Gasteiger partial charge on any atom is 0.175 e. The molecule has 29 heavy (non-hydrogen) atoms. The average Bonchev–Trinajstić information content (AvgIpc) is 2.98. The predicted octanol–water partition coefficient (Wildman–Crippen LogP) is 5.94. The van der Waals surface area contributed by atoms with Crippen LogP contribution in [0.25, 0.3) is 0 Å². The Morgan fingerprint density at radius 2 is 0.966 bits per heavy atom. The van der Waals surface area contributed by atoms with Crippen LogP contribution in [0.2, 0.25) is 0 Å². The van der Waals surface area contributed by atoms with Crippen molar-refractivity contribution in [1.29, 1.82) is 0 Å². The Bertz CT molecular complexity index is 461. The molecule has 170 valence electrons. The molecule has 1 heterocycles. The Kier molecular flexibility index (Phi) is 16.3. The van der Waals surface area contributed by atoms with Crippen LogP contribution in [-0.4, -0.2) is 52.9 Å². The Morgan fingerprint density at radius 3 is 1.52 bits per heavy atom. The molecule has 1 aromatic heterocycles. The summed E-state index contributed by atoms with van der Waals surface area (Å²) in [6.45, 7) is 13.6. The van der Waals surface area contributed by atoms with E-state index in [0.29, 0.717) is 39.6 Å². The first-order chi connectivity index (χ1) is 14.2. The fourth-order valence-corrected chi connectivity index (χ4v) is 3.81. The number of thiophene rings is 1. The maximum atomic E-state index is 5.97. The van der Waals surface area contributed by atoms with E-state index in [1.807, 2.05) is 0 Å². The fraction of sp³-hybridized carbons (Fsp3) is 0.826. The summed E-state index contributed by atoms with van der Waals surface area (Å²) in [5, 5.41) is 0. The first-order valence-corrected chi connectivity index (χ1v) is 12.1. The fourth-order valence-electron chi connectivity index (χ4n) is 2.86. The summed E-state index contributed by atoms with van der Waals surface area (Å²) in [5.74, 6) is 1.69. The molecule has 0 saturated carbocycles. The quantitative estimate of drug-likeness (QED) is 0.239. The summed E-state index contributed by atoms with van der Waals surface area (Å²) in [7, 11) is 0. The molecular formula is C23H42O5S. The zero-order valence-electron chi connectivity index (χ0n) is 19.1. The summed E-state index contributed by atoms with van der Waals surface area (Å²) >= 11 is 1.70. The van der Waals surface area contributed by atoms with Gasteiger partial charge in [0.25, 0.3) is 0 Å². The average molecular weight is 431 g/mol. The molecule has 6 heteroatoms. The zero-order chi connectivity index (χ0) is 21.2. The van der Waals surface area contributed by atoms with E-state index in [1.165, 1.54) is 25.7 Å². The molecule has 0 spiro atoms. The van der Waals surface area contributed by atoms with Crippen molar-refractivity contribution in [2.75, 3.05) is 52.9 Å². The lowest BCUT2D eigenvalue weighted by Crippen LogP contribution is -2.12. The summed E-state index contributed by atoms with van der Waals surface area (Å²) in [5.41, 5.74) is 0. The minimum atomic E-state index is 0.511. The van der Waals surface area contributed by atoms with Crippen LogP contribution >= 0.6 is 11.3 Å². The first kappa shape index (κ1) is 26.2. The third-order valence-corrected chi connectivity index (χ3v) is 5.49. The molecule has 0 bridgehead atoms. The van der Waals surface area contributed by atoms with E-state index < -0.39 is 0 Å². The van der Waals surface area contributed by atoms with Crippen molar-refractivity contribution in [2.45, 2.75) is 72.6 Å². The van der Waals surface area contributed by atoms with Crippen LogP contribution in [0, 0.1) is 13.8 Å². The van der Waals surface area contributed by atoms with Gasteiger partial charge in [-0.2, -0.15) is 0 Å². The smallest absolute Gasteiger partial charge is 0.175 e. The molecule has 0 aliphatic heterocycles. The first-order valence-electron chi connectivity index (χ1n) is 11.3. The summed E-state index contributed by atoms with van der Waals surface area (Å²) < 4.78 is 28.7. The van der Waals surface area contributed by atoms with Crippen molar-refractivity contribution in [2.24, 2.45) is 0 Å². The lowest BCUT2D eigenvalue weighted by Gasteiger charge is -2.12. The molecule has 0 saturated heterocycles. The van der Waals surface area contributed by atoms with Crippen LogP contribution in [0.1, 0.15) is 68.5 Å². The number of aryl methyl sites for hydroxylation is 2. The van der Waals surface area contributed by atoms with Gasteiger partial charge in [-0.15, -0.1) is 11.3 Å². The van der Waals surface area contributed by atoms with E-state index in [9.17, 15) is 0 Å². The van der Waals surface area contributed by atoms with Gasteiger partial charge in [-0.3, -0.25) is 0 Å². The van der Waals surface area contributed by atoms with Crippen LogP contribution in [0.5, 0.6) is 11.5 Å². The van der Waals surface area contributed by atoms with Crippen molar-refractivity contribution in [1.82, 2.24) is 0 Å². The molecule has 0 fully saturated rings. The SMILES string of the molecule is CCCCCCCOCCOc1c(C)sc(C)c1OCCOCCOCCCC. The van der Waals surface area contributed by atoms with Gasteiger partial charge in [-0.05, 0) is 26.7 Å². The monoisotopic (exact) mass is 430 g/mol. The molecule has 0 aliphatic carbocycles. The van der Waals surface area contributed by atoms with E-state index in [-0.39, 0.29) is 0 Å². The highest BCUT2D eigenvalue weighted by Crippen LogP contribution is 2.41. The highest BCUT2D eigenvalue weighted by Gasteiger charge is 2.16. The lowest BCUT2D eigenvalue weighted by molar-refractivity contribution is 0.0350. The summed E-state index contributed by atoms with van der Waals surface area (Å²) in [4.78, 5) is 2.28. The second-order valence-electron chi connectivity index (χ2n) is 7.17. The van der Waals surface area contributed by atoms with Crippen LogP contribution in [0.15, 0.2) is 0 Å². The van der Waals surface area contributed by atoms with Gasteiger partial charge in [-0.1, -0.05) is 46.0 Å². The van der Waals surface area contributed by atoms with E-state index in [4.69, 9.17) is 23.7 Å². The van der Waals surface area contributed by atoms with Gasteiger partial charge in [0.15, 0.2) is 11.5 Å². The van der Waals surface area contributed by atoms with E-state index >= 15 is 0 Å². The maximum absolute atomic E-state index is 5.97. The molecule has 1 rings (SSSR count). The second kappa shape index (κ2) is 18.0. The number of rotatable bonds is 20. The van der Waals surface area contributed by atoms with Crippen molar-refractivity contribution in [3.05, 3.63) is 9.75 Å². The highest BCUT2D eigenvalue weighted by atomic mass is 32.1. The Labute approximate surface area is 182 Å². The predicted molar refractivity (Wildman–Crippen MR) is 121 cm³/mol. The zero-order valence-corrected chi connectivity index (χ0v) is 19.9. The van der Waals surface area contributed by atoms with Gasteiger partial charge in [-0.25, -0.2) is 0 Å². The largest absolute Gasteiger partial charge is 0.486 e. The number of hydrogen-bond donors (Lipinski definition) is 0. The molecule has 0 atom stereocenters. The van der Waals surface area contributed by atoms with Crippen LogP contribution in [-0.2, 0) is 14.2 Å². The van der Waals surface area contributed by atoms with Gasteiger partial charge in [0.05, 0.1) is 26.4 Å². The van der Waals surface area contributed by atoms with E-state index in [1.54, 1.807) is 11.3 Å².